The van der Waals surface area contributed by atoms with E-state index in [1.165, 1.54) is 26.2 Å². The Bertz CT molecular complexity index is 995. The zero-order valence-corrected chi connectivity index (χ0v) is 17.2. The maximum absolute atomic E-state index is 13.6. The second kappa shape index (κ2) is 6.47. The Balaban J connectivity index is 1.69. The van der Waals surface area contributed by atoms with E-state index >= 15 is 0 Å². The molecule has 4 aliphatic heterocycles. The molecule has 0 saturated carbocycles. The minimum Gasteiger partial charge on any atom is -0.366 e. The van der Waals surface area contributed by atoms with Gasteiger partial charge in [0.05, 0.1) is 24.2 Å². The number of rotatable bonds is 1. The third-order valence-corrected chi connectivity index (χ3v) is 7.00. The Kier molecular flexibility index (Phi) is 4.15. The summed E-state index contributed by atoms with van der Waals surface area (Å²) in [5, 5.41) is 11.3. The third-order valence-electron chi connectivity index (χ3n) is 7.00. The quantitative estimate of drug-likeness (QED) is 0.366. The summed E-state index contributed by atoms with van der Waals surface area (Å²) in [5.41, 5.74) is -0.441. The molecule has 1 aromatic carbocycles. The van der Waals surface area contributed by atoms with E-state index in [0.29, 0.717) is 31.7 Å². The molecule has 1 aromatic rings. The minimum absolute atomic E-state index is 0.0408. The highest BCUT2D eigenvalue weighted by molar-refractivity contribution is 6.20. The van der Waals surface area contributed by atoms with Crippen LogP contribution < -0.4 is 4.90 Å². The van der Waals surface area contributed by atoms with Crippen LogP contribution in [0.4, 0.5) is 16.2 Å². The Labute approximate surface area is 177 Å². The monoisotopic (exact) mass is 430 g/mol. The molecule has 11 nitrogen and oxygen atoms in total. The number of carbonyl (C=O) groups excluding carboxylic acids is 3. The normalized spacial score (nSPS) is 26.5. The maximum Gasteiger partial charge on any atom is 0.332 e. The van der Waals surface area contributed by atoms with E-state index in [4.69, 9.17) is 9.47 Å². The van der Waals surface area contributed by atoms with Crippen molar-refractivity contribution in [1.29, 1.82) is 0 Å². The molecule has 31 heavy (non-hydrogen) atoms. The minimum atomic E-state index is -1.61. The van der Waals surface area contributed by atoms with Gasteiger partial charge >= 0.3 is 6.03 Å². The molecule has 1 atom stereocenters. The average Bonchev–Trinajstić information content (AvgIpc) is 3.22. The van der Waals surface area contributed by atoms with Gasteiger partial charge in [0, 0.05) is 57.7 Å². The molecule has 0 bridgehead atoms. The predicted octanol–water partition coefficient (Wildman–Crippen LogP) is 0.900. The topological polar surface area (TPSA) is 123 Å². The van der Waals surface area contributed by atoms with Crippen LogP contribution in [0, 0.1) is 15.5 Å². The molecule has 11 heteroatoms. The zero-order valence-electron chi connectivity index (χ0n) is 17.2. The molecule has 2 spiro atoms. The smallest absolute Gasteiger partial charge is 0.332 e. The van der Waals surface area contributed by atoms with Crippen LogP contribution in [0.25, 0.3) is 0 Å². The van der Waals surface area contributed by atoms with Gasteiger partial charge in [-0.05, 0) is 11.6 Å². The van der Waals surface area contributed by atoms with Gasteiger partial charge in [0.1, 0.15) is 0 Å². The molecular formula is C20H22N4O7. The Morgan fingerprint density at radius 1 is 1.10 bits per heavy atom. The van der Waals surface area contributed by atoms with E-state index in [1.807, 2.05) is 4.90 Å². The molecule has 0 aliphatic carbocycles. The number of fused-ring (bicyclic) bond motifs is 4. The number of nitro groups is 1. The molecule has 5 rings (SSSR count). The van der Waals surface area contributed by atoms with Gasteiger partial charge in [0.2, 0.25) is 11.8 Å². The van der Waals surface area contributed by atoms with Gasteiger partial charge in [-0.2, -0.15) is 0 Å². The highest BCUT2D eigenvalue weighted by Crippen LogP contribution is 2.51. The van der Waals surface area contributed by atoms with Crippen molar-refractivity contribution in [3.05, 3.63) is 33.9 Å². The van der Waals surface area contributed by atoms with Crippen molar-refractivity contribution in [3.8, 4) is 0 Å². The van der Waals surface area contributed by atoms with Gasteiger partial charge in [-0.1, -0.05) is 0 Å². The van der Waals surface area contributed by atoms with E-state index in [9.17, 15) is 24.5 Å². The van der Waals surface area contributed by atoms with E-state index in [0.717, 1.165) is 15.5 Å². The fourth-order valence-corrected chi connectivity index (χ4v) is 5.49. The number of amides is 4. The molecule has 164 valence electrons. The summed E-state index contributed by atoms with van der Waals surface area (Å²) in [4.78, 5) is 54.3. The first-order chi connectivity index (χ1) is 14.7. The fraction of sp³-hybridized carbons (Fsp3) is 0.550. The molecule has 4 heterocycles. The number of barbiturate groups is 1. The van der Waals surface area contributed by atoms with Crippen LogP contribution in [0.1, 0.15) is 18.4 Å². The molecule has 0 radical (unpaired) electrons. The highest BCUT2D eigenvalue weighted by atomic mass is 16.7. The number of piperidine rings is 1. The average molecular weight is 430 g/mol. The molecule has 3 fully saturated rings. The second-order valence-corrected chi connectivity index (χ2v) is 8.50. The zero-order chi connectivity index (χ0) is 22.1. The number of hydrogen-bond acceptors (Lipinski definition) is 8. The van der Waals surface area contributed by atoms with E-state index in [2.05, 4.69) is 0 Å². The molecule has 4 amide bonds. The number of urea groups is 1. The highest BCUT2D eigenvalue weighted by Gasteiger charge is 2.66. The lowest BCUT2D eigenvalue weighted by Gasteiger charge is -2.56. The van der Waals surface area contributed by atoms with Crippen LogP contribution in [0.3, 0.4) is 0 Å². The Morgan fingerprint density at radius 3 is 2.35 bits per heavy atom. The molecule has 0 aromatic heterocycles. The number of nitrogens with zero attached hydrogens (tertiary/aromatic N) is 4. The summed E-state index contributed by atoms with van der Waals surface area (Å²) in [7, 11) is 2.70. The van der Waals surface area contributed by atoms with Crippen LogP contribution in [0.2, 0.25) is 0 Å². The third kappa shape index (κ3) is 2.56. The number of carbonyl (C=O) groups is 3. The van der Waals surface area contributed by atoms with E-state index < -0.39 is 40.0 Å². The fourth-order valence-electron chi connectivity index (χ4n) is 5.49. The number of benzene rings is 1. The maximum atomic E-state index is 13.6. The van der Waals surface area contributed by atoms with Crippen molar-refractivity contribution >= 4 is 29.2 Å². The van der Waals surface area contributed by atoms with Crippen LogP contribution in [-0.2, 0) is 25.5 Å². The van der Waals surface area contributed by atoms with Gasteiger partial charge < -0.3 is 14.4 Å². The lowest BCUT2D eigenvalue weighted by molar-refractivity contribution is -0.384. The van der Waals surface area contributed by atoms with Crippen LogP contribution in [-0.4, -0.2) is 78.3 Å². The summed E-state index contributed by atoms with van der Waals surface area (Å²) in [6.45, 7) is 1.31. The largest absolute Gasteiger partial charge is 0.366 e. The van der Waals surface area contributed by atoms with Gasteiger partial charge in [0.15, 0.2) is 11.2 Å². The molecule has 0 unspecified atom stereocenters. The first-order valence-electron chi connectivity index (χ1n) is 10.1. The van der Waals surface area contributed by atoms with Gasteiger partial charge in [-0.3, -0.25) is 29.5 Å². The summed E-state index contributed by atoms with van der Waals surface area (Å²) in [6.07, 6.45) is 0.765. The first kappa shape index (κ1) is 19.9. The Hall–Kier alpha value is -3.05. The van der Waals surface area contributed by atoms with Gasteiger partial charge in [0.25, 0.3) is 5.69 Å². The Morgan fingerprint density at radius 2 is 1.74 bits per heavy atom. The lowest BCUT2D eigenvalue weighted by Crippen LogP contribution is -2.73. The second-order valence-electron chi connectivity index (χ2n) is 8.50. The predicted molar refractivity (Wildman–Crippen MR) is 105 cm³/mol. The summed E-state index contributed by atoms with van der Waals surface area (Å²) in [5.74, 6) is -2.10. The summed E-state index contributed by atoms with van der Waals surface area (Å²) in [6, 6.07) is 3.18. The molecule has 3 saturated heterocycles. The van der Waals surface area contributed by atoms with Gasteiger partial charge in [-0.25, -0.2) is 4.79 Å². The van der Waals surface area contributed by atoms with Gasteiger partial charge in [-0.15, -0.1) is 0 Å². The summed E-state index contributed by atoms with van der Waals surface area (Å²) >= 11 is 0. The van der Waals surface area contributed by atoms with E-state index in [-0.39, 0.29) is 18.5 Å². The number of non-ortho nitro benzene ring substituents is 1. The number of imide groups is 2. The van der Waals surface area contributed by atoms with Crippen LogP contribution >= 0.6 is 0 Å². The van der Waals surface area contributed by atoms with E-state index in [1.54, 1.807) is 6.07 Å². The molecule has 4 aliphatic rings. The van der Waals surface area contributed by atoms with Crippen LogP contribution in [0.15, 0.2) is 18.2 Å². The van der Waals surface area contributed by atoms with Crippen molar-refractivity contribution in [2.45, 2.75) is 31.1 Å². The van der Waals surface area contributed by atoms with Crippen molar-refractivity contribution in [1.82, 2.24) is 9.80 Å². The SMILES string of the molecule is CN1C(=O)N(C)C(=O)C2(Cc3cc([N+](=O)[O-])ccc3N3CCC4(C[C@@H]32)OCCO4)C1=O. The van der Waals surface area contributed by atoms with Crippen molar-refractivity contribution in [2.24, 2.45) is 5.41 Å². The standard InChI is InChI=1S/C20H22N4O7/c1-21-16(25)20(17(26)22(2)18(21)27)10-12-9-13(24(28)29)3-4-14(12)23-6-5-19(11-15(20)23)30-7-8-31-19/h3-4,9,15H,5-8,10-11H2,1-2H3/t15-/m1/s1. The number of nitro benzene ring substituents is 1. The van der Waals surface area contributed by atoms with Crippen molar-refractivity contribution in [3.63, 3.8) is 0 Å². The summed E-state index contributed by atoms with van der Waals surface area (Å²) < 4.78 is 11.8. The lowest BCUT2D eigenvalue weighted by atomic mass is 9.65. The molecule has 0 N–H and O–H groups in total. The van der Waals surface area contributed by atoms with Crippen molar-refractivity contribution in [2.75, 3.05) is 38.8 Å². The number of hydrogen-bond donors (Lipinski definition) is 0. The van der Waals surface area contributed by atoms with Crippen LogP contribution in [0.5, 0.6) is 0 Å². The van der Waals surface area contributed by atoms with Crippen molar-refractivity contribution < 1.29 is 28.8 Å². The number of anilines is 1. The number of ether oxygens (including phenoxy) is 2. The first-order valence-corrected chi connectivity index (χ1v) is 10.1. The molecular weight excluding hydrogens is 408 g/mol.